The van der Waals surface area contributed by atoms with Gasteiger partial charge in [0.25, 0.3) is 0 Å². The fourth-order valence-corrected chi connectivity index (χ4v) is 3.62. The third-order valence-corrected chi connectivity index (χ3v) is 4.64. The summed E-state index contributed by atoms with van der Waals surface area (Å²) in [5.41, 5.74) is 1.78. The van der Waals surface area contributed by atoms with E-state index in [0.717, 1.165) is 42.9 Å². The molecule has 1 aliphatic rings. The Bertz CT molecular complexity index is 737. The van der Waals surface area contributed by atoms with Crippen molar-refractivity contribution in [3.8, 4) is 11.3 Å². The number of sulfonamides is 1. The Balaban J connectivity index is 1.54. The van der Waals surface area contributed by atoms with Crippen molar-refractivity contribution in [2.75, 3.05) is 19.3 Å². The van der Waals surface area contributed by atoms with Gasteiger partial charge in [-0.3, -0.25) is 9.88 Å². The van der Waals surface area contributed by atoms with Gasteiger partial charge in [0.05, 0.1) is 12.8 Å². The van der Waals surface area contributed by atoms with Crippen molar-refractivity contribution in [1.82, 2.24) is 19.8 Å². The van der Waals surface area contributed by atoms with Crippen molar-refractivity contribution in [2.45, 2.75) is 25.4 Å². The molecule has 2 aromatic rings. The Labute approximate surface area is 135 Å². The number of aromatic nitrogens is 2. The van der Waals surface area contributed by atoms with E-state index in [1.54, 1.807) is 12.4 Å². The van der Waals surface area contributed by atoms with Crippen LogP contribution in [-0.2, 0) is 16.6 Å². The first-order valence-corrected chi connectivity index (χ1v) is 9.44. The molecule has 2 aromatic heterocycles. The SMILES string of the molecule is CS(=O)(=O)NC1CCN(Cc2cc(-c3ccncc3)no2)CC1. The molecule has 0 aromatic carbocycles. The Morgan fingerprint density at radius 1 is 1.30 bits per heavy atom. The first-order chi connectivity index (χ1) is 11.0. The highest BCUT2D eigenvalue weighted by Crippen LogP contribution is 2.20. The first kappa shape index (κ1) is 16.1. The molecular formula is C15H20N4O3S. The van der Waals surface area contributed by atoms with Crippen molar-refractivity contribution in [3.05, 3.63) is 36.4 Å². The molecule has 0 unspecified atom stereocenters. The zero-order valence-electron chi connectivity index (χ0n) is 13.0. The Morgan fingerprint density at radius 3 is 2.65 bits per heavy atom. The summed E-state index contributed by atoms with van der Waals surface area (Å²) >= 11 is 0. The standard InChI is InChI=1S/C15H20N4O3S/c1-23(20,21)18-13-4-8-19(9-5-13)11-14-10-15(17-22-14)12-2-6-16-7-3-12/h2-3,6-7,10,13,18H,4-5,8-9,11H2,1H3. The van der Waals surface area contributed by atoms with Gasteiger partial charge in [0.15, 0.2) is 5.76 Å². The summed E-state index contributed by atoms with van der Waals surface area (Å²) in [5.74, 6) is 0.811. The molecule has 3 heterocycles. The van der Waals surface area contributed by atoms with E-state index < -0.39 is 10.0 Å². The van der Waals surface area contributed by atoms with Gasteiger partial charge in [-0.25, -0.2) is 13.1 Å². The fourth-order valence-electron chi connectivity index (χ4n) is 2.78. The number of rotatable bonds is 5. The van der Waals surface area contributed by atoms with Gasteiger partial charge in [-0.2, -0.15) is 0 Å². The van der Waals surface area contributed by atoms with E-state index >= 15 is 0 Å². The van der Waals surface area contributed by atoms with E-state index in [4.69, 9.17) is 4.52 Å². The number of hydrogen-bond acceptors (Lipinski definition) is 6. The molecule has 0 amide bonds. The quantitative estimate of drug-likeness (QED) is 0.884. The second-order valence-electron chi connectivity index (χ2n) is 5.85. The number of nitrogens with zero attached hydrogens (tertiary/aromatic N) is 3. The summed E-state index contributed by atoms with van der Waals surface area (Å²) in [4.78, 5) is 6.24. The lowest BCUT2D eigenvalue weighted by atomic mass is 10.1. The molecule has 1 aliphatic heterocycles. The molecule has 7 nitrogen and oxygen atoms in total. The predicted octanol–water partition coefficient (Wildman–Crippen LogP) is 1.25. The fraction of sp³-hybridized carbons (Fsp3) is 0.467. The van der Waals surface area contributed by atoms with Crippen LogP contribution in [0.3, 0.4) is 0 Å². The van der Waals surface area contributed by atoms with Crippen molar-refractivity contribution < 1.29 is 12.9 Å². The lowest BCUT2D eigenvalue weighted by molar-refractivity contribution is 0.180. The van der Waals surface area contributed by atoms with Gasteiger partial charge < -0.3 is 4.52 Å². The highest BCUT2D eigenvalue weighted by Gasteiger charge is 2.22. The van der Waals surface area contributed by atoms with Gasteiger partial charge in [0.2, 0.25) is 10.0 Å². The third-order valence-electron chi connectivity index (χ3n) is 3.88. The van der Waals surface area contributed by atoms with Crippen LogP contribution in [0.25, 0.3) is 11.3 Å². The molecule has 3 rings (SSSR count). The van der Waals surface area contributed by atoms with Gasteiger partial charge >= 0.3 is 0 Å². The molecule has 0 atom stereocenters. The monoisotopic (exact) mass is 336 g/mol. The van der Waals surface area contributed by atoms with Crippen molar-refractivity contribution in [1.29, 1.82) is 0 Å². The van der Waals surface area contributed by atoms with E-state index in [9.17, 15) is 8.42 Å². The second-order valence-corrected chi connectivity index (χ2v) is 7.63. The lowest BCUT2D eigenvalue weighted by Gasteiger charge is -2.31. The average molecular weight is 336 g/mol. The minimum atomic E-state index is -3.13. The van der Waals surface area contributed by atoms with Crippen LogP contribution in [0, 0.1) is 0 Å². The predicted molar refractivity (Wildman–Crippen MR) is 86.0 cm³/mol. The Hall–Kier alpha value is -1.77. The van der Waals surface area contributed by atoms with Crippen LogP contribution in [0.4, 0.5) is 0 Å². The molecule has 1 N–H and O–H groups in total. The summed E-state index contributed by atoms with van der Waals surface area (Å²) in [5, 5.41) is 4.09. The minimum absolute atomic E-state index is 0.0309. The molecule has 23 heavy (non-hydrogen) atoms. The molecule has 1 saturated heterocycles. The molecule has 0 bridgehead atoms. The van der Waals surface area contributed by atoms with E-state index in [1.807, 2.05) is 18.2 Å². The number of piperidine rings is 1. The van der Waals surface area contributed by atoms with E-state index in [0.29, 0.717) is 6.54 Å². The summed E-state index contributed by atoms with van der Waals surface area (Å²) in [6.07, 6.45) is 6.26. The molecule has 0 aliphatic carbocycles. The maximum Gasteiger partial charge on any atom is 0.208 e. The smallest absolute Gasteiger partial charge is 0.208 e. The topological polar surface area (TPSA) is 88.3 Å². The van der Waals surface area contributed by atoms with Crippen LogP contribution in [0.1, 0.15) is 18.6 Å². The Morgan fingerprint density at radius 2 is 2.00 bits per heavy atom. The lowest BCUT2D eigenvalue weighted by Crippen LogP contribution is -2.43. The third kappa shape index (κ3) is 4.60. The van der Waals surface area contributed by atoms with Gasteiger partial charge in [-0.1, -0.05) is 5.16 Å². The van der Waals surface area contributed by atoms with Crippen LogP contribution in [-0.4, -0.2) is 48.8 Å². The molecule has 124 valence electrons. The van der Waals surface area contributed by atoms with E-state index in [-0.39, 0.29) is 6.04 Å². The molecular weight excluding hydrogens is 316 g/mol. The average Bonchev–Trinajstić information content (AvgIpc) is 2.97. The van der Waals surface area contributed by atoms with Gasteiger partial charge in [0, 0.05) is 43.2 Å². The van der Waals surface area contributed by atoms with Gasteiger partial charge in [-0.15, -0.1) is 0 Å². The highest BCUT2D eigenvalue weighted by molar-refractivity contribution is 7.88. The molecule has 0 spiro atoms. The van der Waals surface area contributed by atoms with Crippen molar-refractivity contribution >= 4 is 10.0 Å². The Kier molecular flexibility index (Phi) is 4.74. The number of pyridine rings is 1. The summed E-state index contributed by atoms with van der Waals surface area (Å²) in [6.45, 7) is 2.35. The van der Waals surface area contributed by atoms with Crippen LogP contribution in [0.15, 0.2) is 35.1 Å². The second kappa shape index (κ2) is 6.77. The maximum atomic E-state index is 11.3. The normalized spacial score (nSPS) is 17.4. The van der Waals surface area contributed by atoms with Crippen molar-refractivity contribution in [3.63, 3.8) is 0 Å². The van der Waals surface area contributed by atoms with Crippen LogP contribution in [0.5, 0.6) is 0 Å². The number of likely N-dealkylation sites (tertiary alicyclic amines) is 1. The van der Waals surface area contributed by atoms with Gasteiger partial charge in [0.1, 0.15) is 5.69 Å². The number of nitrogens with one attached hydrogen (secondary N) is 1. The molecule has 1 fully saturated rings. The van der Waals surface area contributed by atoms with Crippen LogP contribution in [0.2, 0.25) is 0 Å². The first-order valence-electron chi connectivity index (χ1n) is 7.55. The van der Waals surface area contributed by atoms with E-state index in [2.05, 4.69) is 19.8 Å². The highest BCUT2D eigenvalue weighted by atomic mass is 32.2. The van der Waals surface area contributed by atoms with Crippen LogP contribution < -0.4 is 4.72 Å². The van der Waals surface area contributed by atoms with E-state index in [1.165, 1.54) is 6.26 Å². The minimum Gasteiger partial charge on any atom is -0.359 e. The van der Waals surface area contributed by atoms with Crippen molar-refractivity contribution in [2.24, 2.45) is 0 Å². The number of hydrogen-bond donors (Lipinski definition) is 1. The molecule has 0 saturated carbocycles. The zero-order valence-corrected chi connectivity index (χ0v) is 13.8. The summed E-state index contributed by atoms with van der Waals surface area (Å²) in [7, 11) is -3.13. The van der Waals surface area contributed by atoms with Crippen LogP contribution >= 0.6 is 0 Å². The molecule has 8 heteroatoms. The summed E-state index contributed by atoms with van der Waals surface area (Å²) in [6, 6.07) is 5.76. The summed E-state index contributed by atoms with van der Waals surface area (Å²) < 4.78 is 30.6. The maximum absolute atomic E-state index is 11.3. The van der Waals surface area contributed by atoms with Gasteiger partial charge in [-0.05, 0) is 25.0 Å². The largest absolute Gasteiger partial charge is 0.359 e. The molecule has 0 radical (unpaired) electrons. The zero-order chi connectivity index (χ0) is 16.3.